The van der Waals surface area contributed by atoms with Crippen LogP contribution < -0.4 is 5.32 Å². The van der Waals surface area contributed by atoms with Gasteiger partial charge in [-0.15, -0.1) is 0 Å². The number of nitrogens with zero attached hydrogens (tertiary/aromatic N) is 5. The Kier molecular flexibility index (Phi) is 3.82. The molecule has 1 aliphatic rings. The summed E-state index contributed by atoms with van der Waals surface area (Å²) in [5, 5.41) is 6.96. The van der Waals surface area contributed by atoms with E-state index in [2.05, 4.69) is 20.4 Å². The van der Waals surface area contributed by atoms with Gasteiger partial charge in [-0.2, -0.15) is 27.8 Å². The lowest BCUT2D eigenvalue weighted by Crippen LogP contribution is -2.41. The van der Waals surface area contributed by atoms with Crippen molar-refractivity contribution >= 4 is 17.5 Å². The summed E-state index contributed by atoms with van der Waals surface area (Å²) in [6.45, 7) is 2.65. The van der Waals surface area contributed by atoms with Crippen molar-refractivity contribution in [1.29, 1.82) is 0 Å². The number of anilines is 1. The van der Waals surface area contributed by atoms with Gasteiger partial charge >= 0.3 is 6.18 Å². The van der Waals surface area contributed by atoms with Crippen LogP contribution in [0.5, 0.6) is 0 Å². The van der Waals surface area contributed by atoms with Crippen LogP contribution in [0.15, 0.2) is 12.4 Å². The average Bonchev–Trinajstić information content (AvgIpc) is 2.95. The maximum atomic E-state index is 12.9. The Morgan fingerprint density at radius 2 is 2.04 bits per heavy atom. The van der Waals surface area contributed by atoms with Crippen LogP contribution in [0.2, 0.25) is 0 Å². The summed E-state index contributed by atoms with van der Waals surface area (Å²) in [5.74, 6) is 0.0926. The number of likely N-dealkylation sites (tertiary alicyclic amines) is 1. The quantitative estimate of drug-likeness (QED) is 0.905. The molecule has 7 nitrogen and oxygen atoms in total. The van der Waals surface area contributed by atoms with Gasteiger partial charge in [-0.3, -0.25) is 4.79 Å². The van der Waals surface area contributed by atoms with Gasteiger partial charge in [0.25, 0.3) is 5.78 Å². The number of carbonyl (C=O) groups is 1. The number of nitrogens with one attached hydrogen (secondary N) is 1. The first-order valence-electron chi connectivity index (χ1n) is 7.14. The SMILES string of the molecule is CC(=O)N1CCC(Nc2cc(C(F)(F)F)nc3ncnn23)CC1. The summed E-state index contributed by atoms with van der Waals surface area (Å²) >= 11 is 0. The summed E-state index contributed by atoms with van der Waals surface area (Å²) in [6.07, 6.45) is -2.09. The predicted molar refractivity (Wildman–Crippen MR) is 74.7 cm³/mol. The highest BCUT2D eigenvalue weighted by atomic mass is 19.4. The zero-order valence-corrected chi connectivity index (χ0v) is 12.3. The maximum Gasteiger partial charge on any atom is 0.433 e. The van der Waals surface area contributed by atoms with E-state index < -0.39 is 11.9 Å². The maximum absolute atomic E-state index is 12.9. The molecule has 10 heteroatoms. The van der Waals surface area contributed by atoms with E-state index in [4.69, 9.17) is 0 Å². The summed E-state index contributed by atoms with van der Waals surface area (Å²) in [6, 6.07) is 0.889. The lowest BCUT2D eigenvalue weighted by atomic mass is 10.1. The van der Waals surface area contributed by atoms with Crippen molar-refractivity contribution < 1.29 is 18.0 Å². The topological polar surface area (TPSA) is 75.4 Å². The number of halogens is 3. The highest BCUT2D eigenvalue weighted by Gasteiger charge is 2.34. The highest BCUT2D eigenvalue weighted by Crippen LogP contribution is 2.30. The third-order valence-electron chi connectivity index (χ3n) is 3.83. The fourth-order valence-electron chi connectivity index (χ4n) is 2.61. The molecule has 0 spiro atoms. The van der Waals surface area contributed by atoms with E-state index in [0.717, 1.165) is 12.4 Å². The first kappa shape index (κ1) is 15.5. The molecule has 0 atom stereocenters. The summed E-state index contributed by atoms with van der Waals surface area (Å²) in [5.41, 5.74) is -1.01. The minimum absolute atomic E-state index is 0.00499. The number of alkyl halides is 3. The molecule has 1 fully saturated rings. The highest BCUT2D eigenvalue weighted by molar-refractivity contribution is 5.73. The van der Waals surface area contributed by atoms with E-state index >= 15 is 0 Å². The average molecular weight is 328 g/mol. The molecule has 0 unspecified atom stereocenters. The lowest BCUT2D eigenvalue weighted by molar-refractivity contribution is -0.141. The number of hydrogen-bond donors (Lipinski definition) is 1. The van der Waals surface area contributed by atoms with Crippen molar-refractivity contribution in [3.63, 3.8) is 0 Å². The minimum atomic E-state index is -4.55. The number of hydrogen-bond acceptors (Lipinski definition) is 5. The zero-order valence-electron chi connectivity index (χ0n) is 12.3. The van der Waals surface area contributed by atoms with Crippen LogP contribution in [0, 0.1) is 0 Å². The van der Waals surface area contributed by atoms with E-state index in [0.29, 0.717) is 25.9 Å². The van der Waals surface area contributed by atoms with Crippen molar-refractivity contribution in [2.24, 2.45) is 0 Å². The summed E-state index contributed by atoms with van der Waals surface area (Å²) < 4.78 is 40.0. The Balaban J connectivity index is 1.82. The van der Waals surface area contributed by atoms with Crippen molar-refractivity contribution in [3.8, 4) is 0 Å². The van der Waals surface area contributed by atoms with Gasteiger partial charge < -0.3 is 10.2 Å². The molecule has 2 aromatic heterocycles. The van der Waals surface area contributed by atoms with Crippen LogP contribution in [-0.2, 0) is 11.0 Å². The van der Waals surface area contributed by atoms with Crippen molar-refractivity contribution in [3.05, 3.63) is 18.1 Å². The van der Waals surface area contributed by atoms with E-state index in [-0.39, 0.29) is 23.5 Å². The molecule has 3 heterocycles. The Hall–Kier alpha value is -2.39. The molecule has 1 amide bonds. The molecule has 0 aromatic carbocycles. The molecule has 0 aliphatic carbocycles. The van der Waals surface area contributed by atoms with E-state index in [9.17, 15) is 18.0 Å². The van der Waals surface area contributed by atoms with Gasteiger partial charge in [-0.25, -0.2) is 4.98 Å². The van der Waals surface area contributed by atoms with Crippen LogP contribution >= 0.6 is 0 Å². The standard InChI is InChI=1S/C13H15F3N6O/c1-8(23)21-4-2-9(3-5-21)19-11-6-10(13(14,15)16)20-12-17-7-18-22(11)12/h6-7,9,19H,2-5H2,1H3. The number of piperidine rings is 1. The zero-order chi connectivity index (χ0) is 16.6. The number of rotatable bonds is 2. The predicted octanol–water partition coefficient (Wildman–Crippen LogP) is 1.57. The summed E-state index contributed by atoms with van der Waals surface area (Å²) in [7, 11) is 0. The molecule has 1 N–H and O–H groups in total. The molecule has 0 radical (unpaired) electrons. The normalized spacial score (nSPS) is 16.8. The first-order chi connectivity index (χ1) is 10.8. The molecule has 1 aliphatic heterocycles. The fraction of sp³-hybridized carbons (Fsp3) is 0.538. The molecule has 0 saturated carbocycles. The van der Waals surface area contributed by atoms with Gasteiger partial charge in [0.15, 0.2) is 5.69 Å². The molecule has 0 bridgehead atoms. The molecule has 2 aromatic rings. The third-order valence-corrected chi connectivity index (χ3v) is 3.83. The number of amides is 1. The number of aromatic nitrogens is 4. The lowest BCUT2D eigenvalue weighted by Gasteiger charge is -2.32. The monoisotopic (exact) mass is 328 g/mol. The summed E-state index contributed by atoms with van der Waals surface area (Å²) in [4.78, 5) is 20.2. The van der Waals surface area contributed by atoms with Gasteiger partial charge in [0, 0.05) is 32.1 Å². The smallest absolute Gasteiger partial charge is 0.367 e. The van der Waals surface area contributed by atoms with E-state index in [1.165, 1.54) is 11.4 Å². The molecular weight excluding hydrogens is 313 g/mol. The van der Waals surface area contributed by atoms with Gasteiger partial charge in [0.2, 0.25) is 5.91 Å². The molecular formula is C13H15F3N6O. The second-order valence-corrected chi connectivity index (χ2v) is 5.42. The van der Waals surface area contributed by atoms with Gasteiger partial charge in [0.1, 0.15) is 12.1 Å². The Labute approximate surface area is 129 Å². The second-order valence-electron chi connectivity index (χ2n) is 5.42. The van der Waals surface area contributed by atoms with Crippen LogP contribution in [-0.4, -0.2) is 49.5 Å². The second kappa shape index (κ2) is 5.67. The minimum Gasteiger partial charge on any atom is -0.367 e. The van der Waals surface area contributed by atoms with Crippen LogP contribution in [0.1, 0.15) is 25.5 Å². The third kappa shape index (κ3) is 3.20. The Bertz CT molecular complexity index is 720. The van der Waals surface area contributed by atoms with Crippen molar-refractivity contribution in [2.75, 3.05) is 18.4 Å². The largest absolute Gasteiger partial charge is 0.433 e. The first-order valence-corrected chi connectivity index (χ1v) is 7.14. The van der Waals surface area contributed by atoms with Crippen LogP contribution in [0.4, 0.5) is 19.0 Å². The van der Waals surface area contributed by atoms with Gasteiger partial charge in [-0.1, -0.05) is 0 Å². The molecule has 1 saturated heterocycles. The van der Waals surface area contributed by atoms with Crippen LogP contribution in [0.3, 0.4) is 0 Å². The Morgan fingerprint density at radius 1 is 1.35 bits per heavy atom. The van der Waals surface area contributed by atoms with Crippen LogP contribution in [0.25, 0.3) is 5.78 Å². The number of fused-ring (bicyclic) bond motifs is 1. The number of carbonyl (C=O) groups excluding carboxylic acids is 1. The van der Waals surface area contributed by atoms with E-state index in [1.54, 1.807) is 4.90 Å². The molecule has 124 valence electrons. The molecule has 3 rings (SSSR count). The molecule has 23 heavy (non-hydrogen) atoms. The fourth-order valence-corrected chi connectivity index (χ4v) is 2.61. The van der Waals surface area contributed by atoms with Gasteiger partial charge in [0.05, 0.1) is 0 Å². The van der Waals surface area contributed by atoms with Crippen molar-refractivity contribution in [1.82, 2.24) is 24.5 Å². The van der Waals surface area contributed by atoms with Crippen molar-refractivity contribution in [2.45, 2.75) is 32.0 Å². The Morgan fingerprint density at radius 3 is 2.65 bits per heavy atom. The van der Waals surface area contributed by atoms with E-state index in [1.807, 2.05) is 0 Å². The van der Waals surface area contributed by atoms with Gasteiger partial charge in [-0.05, 0) is 12.8 Å².